The lowest BCUT2D eigenvalue weighted by molar-refractivity contribution is 0.903. The van der Waals surface area contributed by atoms with Crippen molar-refractivity contribution in [2.24, 2.45) is 5.10 Å². The largest absolute Gasteiger partial charge is 0.301 e. The van der Waals surface area contributed by atoms with Gasteiger partial charge in [0.1, 0.15) is 0 Å². The third kappa shape index (κ3) is 3.45. The molecule has 5 nitrogen and oxygen atoms in total. The highest BCUT2D eigenvalue weighted by atomic mass is 32.2. The Morgan fingerprint density at radius 3 is 2.74 bits per heavy atom. The van der Waals surface area contributed by atoms with Gasteiger partial charge in [0.15, 0.2) is 5.16 Å². The van der Waals surface area contributed by atoms with E-state index in [1.807, 2.05) is 36.6 Å². The summed E-state index contributed by atoms with van der Waals surface area (Å²) in [6, 6.07) is 9.53. The summed E-state index contributed by atoms with van der Waals surface area (Å²) in [5, 5.41) is 4.65. The lowest BCUT2D eigenvalue weighted by Gasteiger charge is -2.02. The molecule has 0 radical (unpaired) electrons. The van der Waals surface area contributed by atoms with Crippen molar-refractivity contribution in [3.05, 3.63) is 51.9 Å². The molecule has 0 unspecified atom stereocenters. The number of thioether (sulfide) groups is 1. The lowest BCUT2D eigenvalue weighted by atomic mass is 10.2. The summed E-state index contributed by atoms with van der Waals surface area (Å²) in [4.78, 5) is 18.8. The highest BCUT2D eigenvalue weighted by molar-refractivity contribution is 7.98. The van der Waals surface area contributed by atoms with Gasteiger partial charge < -0.3 is 4.98 Å². The van der Waals surface area contributed by atoms with Gasteiger partial charge in [-0.3, -0.25) is 10.2 Å². The predicted octanol–water partition coefficient (Wildman–Crippen LogP) is 2.25. The number of rotatable bonds is 4. The van der Waals surface area contributed by atoms with Crippen molar-refractivity contribution in [3.63, 3.8) is 0 Å². The Hall–Kier alpha value is -2.08. The number of para-hydroxylation sites is 1. The van der Waals surface area contributed by atoms with E-state index in [9.17, 15) is 4.79 Å². The number of aromatic amines is 1. The van der Waals surface area contributed by atoms with Crippen LogP contribution in [0, 0.1) is 6.92 Å². The van der Waals surface area contributed by atoms with Crippen LogP contribution in [-0.4, -0.2) is 22.4 Å². The first kappa shape index (κ1) is 13.4. The number of hydrazone groups is 1. The van der Waals surface area contributed by atoms with Gasteiger partial charge in [0.2, 0.25) is 0 Å². The molecule has 0 amide bonds. The van der Waals surface area contributed by atoms with E-state index in [4.69, 9.17) is 0 Å². The smallest absolute Gasteiger partial charge is 0.260 e. The van der Waals surface area contributed by atoms with Gasteiger partial charge in [-0.25, -0.2) is 4.98 Å². The summed E-state index contributed by atoms with van der Waals surface area (Å²) in [7, 11) is 0. The fourth-order valence-electron chi connectivity index (χ4n) is 1.50. The zero-order chi connectivity index (χ0) is 13.7. The van der Waals surface area contributed by atoms with E-state index in [1.165, 1.54) is 18.0 Å². The maximum atomic E-state index is 11.8. The maximum absolute atomic E-state index is 11.8. The van der Waals surface area contributed by atoms with Crippen LogP contribution in [0.4, 0.5) is 5.69 Å². The topological polar surface area (TPSA) is 70.1 Å². The van der Waals surface area contributed by atoms with Crippen molar-refractivity contribution < 1.29 is 0 Å². The van der Waals surface area contributed by atoms with E-state index in [1.54, 1.807) is 6.92 Å². The zero-order valence-electron chi connectivity index (χ0n) is 10.7. The van der Waals surface area contributed by atoms with E-state index in [0.717, 1.165) is 5.69 Å². The molecule has 1 aromatic carbocycles. The quantitative estimate of drug-likeness (QED) is 0.388. The normalized spacial score (nSPS) is 10.8. The molecule has 0 spiro atoms. The molecule has 2 aromatic rings. The lowest BCUT2D eigenvalue weighted by Crippen LogP contribution is -2.17. The Morgan fingerprint density at radius 1 is 1.37 bits per heavy atom. The first-order chi connectivity index (χ1) is 9.20. The molecule has 0 atom stereocenters. The van der Waals surface area contributed by atoms with Crippen LogP contribution >= 0.6 is 11.8 Å². The van der Waals surface area contributed by atoms with Crippen molar-refractivity contribution in [3.8, 4) is 0 Å². The first-order valence-corrected chi connectivity index (χ1v) is 6.92. The predicted molar refractivity (Wildman–Crippen MR) is 79.0 cm³/mol. The molecular weight excluding hydrogens is 260 g/mol. The number of H-pyrrole nitrogens is 1. The minimum Gasteiger partial charge on any atom is -0.301 e. The van der Waals surface area contributed by atoms with Gasteiger partial charge in [-0.1, -0.05) is 30.0 Å². The zero-order valence-corrected chi connectivity index (χ0v) is 11.5. The van der Waals surface area contributed by atoms with E-state index in [0.29, 0.717) is 16.4 Å². The van der Waals surface area contributed by atoms with Crippen LogP contribution in [0.15, 0.2) is 45.4 Å². The summed E-state index contributed by atoms with van der Waals surface area (Å²) in [5.74, 6) is 0. The van der Waals surface area contributed by atoms with Crippen molar-refractivity contribution in [2.45, 2.75) is 12.1 Å². The molecule has 0 fully saturated rings. The van der Waals surface area contributed by atoms with E-state index < -0.39 is 0 Å². The Balaban J connectivity index is 2.18. The summed E-state index contributed by atoms with van der Waals surface area (Å²) >= 11 is 1.40. The van der Waals surface area contributed by atoms with Crippen LogP contribution in [0.3, 0.4) is 0 Å². The van der Waals surface area contributed by atoms with Crippen LogP contribution in [0.25, 0.3) is 0 Å². The molecule has 0 bridgehead atoms. The minimum absolute atomic E-state index is 0.185. The van der Waals surface area contributed by atoms with Crippen molar-refractivity contribution in [1.82, 2.24) is 9.97 Å². The molecule has 0 aliphatic heterocycles. The maximum Gasteiger partial charge on any atom is 0.260 e. The average molecular weight is 274 g/mol. The van der Waals surface area contributed by atoms with Crippen LogP contribution < -0.4 is 11.0 Å². The molecular formula is C13H14N4OS. The van der Waals surface area contributed by atoms with Crippen LogP contribution in [-0.2, 0) is 0 Å². The van der Waals surface area contributed by atoms with E-state index in [-0.39, 0.29) is 5.56 Å². The monoisotopic (exact) mass is 274 g/mol. The number of nitrogens with zero attached hydrogens (tertiary/aromatic N) is 2. The number of anilines is 1. The molecule has 1 aromatic heterocycles. The number of aromatic nitrogens is 2. The standard InChI is InChI=1S/C13H14N4OS/c1-9-11(12(18)16-13(15-9)19-2)8-14-17-10-6-4-3-5-7-10/h3-8,17H,1-2H3,(H,15,16,18). The van der Waals surface area contributed by atoms with Gasteiger partial charge in [-0.2, -0.15) is 5.10 Å². The van der Waals surface area contributed by atoms with Gasteiger partial charge >= 0.3 is 0 Å². The Bertz CT molecular complexity index is 637. The Labute approximate surface area is 115 Å². The molecule has 0 aliphatic rings. The van der Waals surface area contributed by atoms with Crippen LogP contribution in [0.1, 0.15) is 11.3 Å². The van der Waals surface area contributed by atoms with E-state index in [2.05, 4.69) is 20.5 Å². The average Bonchev–Trinajstić information content (AvgIpc) is 2.42. The van der Waals surface area contributed by atoms with Crippen molar-refractivity contribution in [2.75, 3.05) is 11.7 Å². The molecule has 6 heteroatoms. The second-order valence-electron chi connectivity index (χ2n) is 3.81. The molecule has 1 heterocycles. The number of hydrogen-bond donors (Lipinski definition) is 2. The number of benzene rings is 1. The third-order valence-electron chi connectivity index (χ3n) is 2.48. The van der Waals surface area contributed by atoms with E-state index >= 15 is 0 Å². The van der Waals surface area contributed by atoms with Crippen LogP contribution in [0.2, 0.25) is 0 Å². The number of hydrogen-bond acceptors (Lipinski definition) is 5. The minimum atomic E-state index is -0.185. The van der Waals surface area contributed by atoms with Crippen LogP contribution in [0.5, 0.6) is 0 Å². The first-order valence-electron chi connectivity index (χ1n) is 5.69. The molecule has 2 rings (SSSR count). The van der Waals surface area contributed by atoms with Gasteiger partial charge in [0, 0.05) is 0 Å². The van der Waals surface area contributed by atoms with Crippen molar-refractivity contribution in [1.29, 1.82) is 0 Å². The second-order valence-corrected chi connectivity index (χ2v) is 4.61. The number of aryl methyl sites for hydroxylation is 1. The molecule has 2 N–H and O–H groups in total. The van der Waals surface area contributed by atoms with Gasteiger partial charge in [0.25, 0.3) is 5.56 Å². The molecule has 0 saturated carbocycles. The highest BCUT2D eigenvalue weighted by Crippen LogP contribution is 2.07. The molecule has 0 saturated heterocycles. The Morgan fingerprint density at radius 2 is 2.11 bits per heavy atom. The molecule has 98 valence electrons. The van der Waals surface area contributed by atoms with Crippen molar-refractivity contribution >= 4 is 23.7 Å². The fourth-order valence-corrected chi connectivity index (χ4v) is 1.92. The summed E-state index contributed by atoms with van der Waals surface area (Å²) < 4.78 is 0. The van der Waals surface area contributed by atoms with Gasteiger partial charge in [-0.15, -0.1) is 0 Å². The van der Waals surface area contributed by atoms with Gasteiger partial charge in [-0.05, 0) is 25.3 Å². The molecule has 0 aliphatic carbocycles. The van der Waals surface area contributed by atoms with Gasteiger partial charge in [0.05, 0.1) is 23.2 Å². The highest BCUT2D eigenvalue weighted by Gasteiger charge is 2.05. The summed E-state index contributed by atoms with van der Waals surface area (Å²) in [6.07, 6.45) is 3.35. The SMILES string of the molecule is CSc1nc(C)c(C=NNc2ccccc2)c(=O)[nH]1. The Kier molecular flexibility index (Phi) is 4.35. The fraction of sp³-hybridized carbons (Fsp3) is 0.154. The molecule has 19 heavy (non-hydrogen) atoms. The number of nitrogens with one attached hydrogen (secondary N) is 2. The summed E-state index contributed by atoms with van der Waals surface area (Å²) in [6.45, 7) is 1.79. The second kappa shape index (κ2) is 6.19. The third-order valence-corrected chi connectivity index (χ3v) is 3.06. The summed E-state index contributed by atoms with van der Waals surface area (Å²) in [5.41, 5.74) is 4.66.